The van der Waals surface area contributed by atoms with Gasteiger partial charge in [0.25, 0.3) is 0 Å². The fourth-order valence-corrected chi connectivity index (χ4v) is 2.28. The van der Waals surface area contributed by atoms with Gasteiger partial charge >= 0.3 is 0 Å². The molecule has 1 amide bonds. The predicted molar refractivity (Wildman–Crippen MR) is 81.4 cm³/mol. The van der Waals surface area contributed by atoms with E-state index in [9.17, 15) is 4.79 Å². The van der Waals surface area contributed by atoms with E-state index in [2.05, 4.69) is 19.9 Å². The minimum atomic E-state index is 0.177. The van der Waals surface area contributed by atoms with Crippen molar-refractivity contribution in [2.75, 3.05) is 18.5 Å². The maximum Gasteiger partial charge on any atom is 0.226 e. The summed E-state index contributed by atoms with van der Waals surface area (Å²) in [6.45, 7) is 6.95. The molecule has 0 aromatic heterocycles. The molecule has 19 heavy (non-hydrogen) atoms. The average molecular weight is 262 g/mol. The van der Waals surface area contributed by atoms with Gasteiger partial charge in [-0.3, -0.25) is 4.79 Å². The number of benzene rings is 1. The van der Waals surface area contributed by atoms with E-state index in [-0.39, 0.29) is 5.91 Å². The standard InChI is InChI=1S/C16H26N2O/c1-12(9-10-17)6-8-16(19)18(4)15-7-5-13(2)11-14(15)3/h5,7,11-12H,6,8-10,17H2,1-4H3. The van der Waals surface area contributed by atoms with Crippen molar-refractivity contribution in [3.05, 3.63) is 29.3 Å². The van der Waals surface area contributed by atoms with Crippen LogP contribution in [0.3, 0.4) is 0 Å². The number of amides is 1. The maximum atomic E-state index is 12.2. The topological polar surface area (TPSA) is 46.3 Å². The molecule has 0 saturated carbocycles. The molecule has 1 atom stereocenters. The Morgan fingerprint density at radius 2 is 2.00 bits per heavy atom. The number of carbonyl (C=O) groups excluding carboxylic acids is 1. The molecule has 0 fully saturated rings. The lowest BCUT2D eigenvalue weighted by Gasteiger charge is -2.21. The van der Waals surface area contributed by atoms with Gasteiger partial charge in [-0.2, -0.15) is 0 Å². The van der Waals surface area contributed by atoms with Crippen LogP contribution in [0.2, 0.25) is 0 Å². The van der Waals surface area contributed by atoms with Gasteiger partial charge in [-0.15, -0.1) is 0 Å². The van der Waals surface area contributed by atoms with Crippen molar-refractivity contribution in [3.63, 3.8) is 0 Å². The molecule has 1 rings (SSSR count). The largest absolute Gasteiger partial charge is 0.330 e. The van der Waals surface area contributed by atoms with Gasteiger partial charge in [-0.05, 0) is 50.8 Å². The molecule has 0 spiro atoms. The quantitative estimate of drug-likeness (QED) is 0.856. The molecular formula is C16H26N2O. The summed E-state index contributed by atoms with van der Waals surface area (Å²) in [5, 5.41) is 0. The lowest BCUT2D eigenvalue weighted by molar-refractivity contribution is -0.118. The van der Waals surface area contributed by atoms with Crippen LogP contribution in [0.15, 0.2) is 18.2 Å². The molecule has 0 radical (unpaired) electrons. The number of anilines is 1. The highest BCUT2D eigenvalue weighted by atomic mass is 16.2. The van der Waals surface area contributed by atoms with Gasteiger partial charge < -0.3 is 10.6 Å². The van der Waals surface area contributed by atoms with Crippen LogP contribution in [0.4, 0.5) is 5.69 Å². The van der Waals surface area contributed by atoms with E-state index in [4.69, 9.17) is 5.73 Å². The summed E-state index contributed by atoms with van der Waals surface area (Å²) in [4.78, 5) is 14.0. The van der Waals surface area contributed by atoms with Crippen molar-refractivity contribution in [1.29, 1.82) is 0 Å². The molecule has 0 aliphatic heterocycles. The van der Waals surface area contributed by atoms with Gasteiger partial charge in [-0.1, -0.05) is 24.6 Å². The summed E-state index contributed by atoms with van der Waals surface area (Å²) in [6.07, 6.45) is 2.48. The molecule has 3 nitrogen and oxygen atoms in total. The van der Waals surface area contributed by atoms with Crippen molar-refractivity contribution < 1.29 is 4.79 Å². The second-order valence-electron chi connectivity index (χ2n) is 5.46. The second kappa shape index (κ2) is 7.29. The zero-order chi connectivity index (χ0) is 14.4. The number of aryl methyl sites for hydroxylation is 2. The van der Waals surface area contributed by atoms with Crippen molar-refractivity contribution in [2.24, 2.45) is 11.7 Å². The van der Waals surface area contributed by atoms with E-state index in [0.717, 1.165) is 24.1 Å². The number of carbonyl (C=O) groups is 1. The van der Waals surface area contributed by atoms with E-state index in [1.165, 1.54) is 5.56 Å². The molecular weight excluding hydrogens is 236 g/mol. The van der Waals surface area contributed by atoms with Crippen LogP contribution in [0.1, 0.15) is 37.3 Å². The third-order valence-corrected chi connectivity index (χ3v) is 3.60. The lowest BCUT2D eigenvalue weighted by atomic mass is 10.0. The van der Waals surface area contributed by atoms with Crippen molar-refractivity contribution in [3.8, 4) is 0 Å². The molecule has 0 aliphatic rings. The molecule has 0 saturated heterocycles. The van der Waals surface area contributed by atoms with Gasteiger partial charge in [0.05, 0.1) is 0 Å². The maximum absolute atomic E-state index is 12.2. The molecule has 1 aromatic rings. The van der Waals surface area contributed by atoms with Gasteiger partial charge in [-0.25, -0.2) is 0 Å². The zero-order valence-corrected chi connectivity index (χ0v) is 12.6. The summed E-state index contributed by atoms with van der Waals surface area (Å²) >= 11 is 0. The van der Waals surface area contributed by atoms with Crippen LogP contribution in [-0.4, -0.2) is 19.5 Å². The van der Waals surface area contributed by atoms with Crippen molar-refractivity contribution in [2.45, 2.75) is 40.0 Å². The van der Waals surface area contributed by atoms with Gasteiger partial charge in [0.15, 0.2) is 0 Å². The fraction of sp³-hybridized carbons (Fsp3) is 0.562. The van der Waals surface area contributed by atoms with Gasteiger partial charge in [0.2, 0.25) is 5.91 Å². The monoisotopic (exact) mass is 262 g/mol. The number of rotatable bonds is 6. The molecule has 1 aromatic carbocycles. The van der Waals surface area contributed by atoms with Crippen LogP contribution >= 0.6 is 0 Å². The average Bonchev–Trinajstić information content (AvgIpc) is 2.35. The van der Waals surface area contributed by atoms with Crippen molar-refractivity contribution in [1.82, 2.24) is 0 Å². The Kier molecular flexibility index (Phi) is 6.03. The van der Waals surface area contributed by atoms with E-state index < -0.39 is 0 Å². The van der Waals surface area contributed by atoms with Crippen LogP contribution in [-0.2, 0) is 4.79 Å². The first-order valence-corrected chi connectivity index (χ1v) is 6.99. The molecule has 1 unspecified atom stereocenters. The normalized spacial score (nSPS) is 12.3. The summed E-state index contributed by atoms with van der Waals surface area (Å²) in [5.41, 5.74) is 8.89. The Balaban J connectivity index is 2.61. The lowest BCUT2D eigenvalue weighted by Crippen LogP contribution is -2.27. The number of hydrogen-bond donors (Lipinski definition) is 1. The Morgan fingerprint density at radius 3 is 2.58 bits per heavy atom. The molecule has 0 bridgehead atoms. The third kappa shape index (κ3) is 4.67. The highest BCUT2D eigenvalue weighted by Crippen LogP contribution is 2.21. The number of hydrogen-bond acceptors (Lipinski definition) is 2. The van der Waals surface area contributed by atoms with Crippen LogP contribution in [0, 0.1) is 19.8 Å². The third-order valence-electron chi connectivity index (χ3n) is 3.60. The van der Waals surface area contributed by atoms with E-state index in [1.54, 1.807) is 4.90 Å². The van der Waals surface area contributed by atoms with E-state index >= 15 is 0 Å². The highest BCUT2D eigenvalue weighted by molar-refractivity contribution is 5.93. The molecule has 2 N–H and O–H groups in total. The van der Waals surface area contributed by atoms with Crippen molar-refractivity contribution >= 4 is 11.6 Å². The predicted octanol–water partition coefficient (Wildman–Crippen LogP) is 3.03. The highest BCUT2D eigenvalue weighted by Gasteiger charge is 2.14. The zero-order valence-electron chi connectivity index (χ0n) is 12.6. The minimum Gasteiger partial charge on any atom is -0.330 e. The first-order chi connectivity index (χ1) is 8.95. The molecule has 3 heteroatoms. The number of nitrogens with zero attached hydrogens (tertiary/aromatic N) is 1. The molecule has 0 aliphatic carbocycles. The summed E-state index contributed by atoms with van der Waals surface area (Å²) in [6, 6.07) is 6.17. The summed E-state index contributed by atoms with van der Waals surface area (Å²) < 4.78 is 0. The van der Waals surface area contributed by atoms with Gasteiger partial charge in [0, 0.05) is 19.2 Å². The summed E-state index contributed by atoms with van der Waals surface area (Å²) in [5.74, 6) is 0.692. The van der Waals surface area contributed by atoms with Crippen LogP contribution in [0.25, 0.3) is 0 Å². The Bertz CT molecular complexity index is 429. The molecule has 106 valence electrons. The number of nitrogens with two attached hydrogens (primary N) is 1. The van der Waals surface area contributed by atoms with E-state index in [0.29, 0.717) is 18.9 Å². The van der Waals surface area contributed by atoms with Gasteiger partial charge in [0.1, 0.15) is 0 Å². The first-order valence-electron chi connectivity index (χ1n) is 6.99. The SMILES string of the molecule is Cc1ccc(N(C)C(=O)CCC(C)CCN)c(C)c1. The first kappa shape index (κ1) is 15.7. The summed E-state index contributed by atoms with van der Waals surface area (Å²) in [7, 11) is 1.85. The van der Waals surface area contributed by atoms with Crippen LogP contribution < -0.4 is 10.6 Å². The Labute approximate surface area is 116 Å². The second-order valence-corrected chi connectivity index (χ2v) is 5.46. The smallest absolute Gasteiger partial charge is 0.226 e. The Morgan fingerprint density at radius 1 is 1.32 bits per heavy atom. The fourth-order valence-electron chi connectivity index (χ4n) is 2.28. The Hall–Kier alpha value is -1.35. The minimum absolute atomic E-state index is 0.177. The van der Waals surface area contributed by atoms with E-state index in [1.807, 2.05) is 26.1 Å². The van der Waals surface area contributed by atoms with Crippen LogP contribution in [0.5, 0.6) is 0 Å². The molecule has 0 heterocycles.